The first-order valence-electron chi connectivity index (χ1n) is 22.7. The average Bonchev–Trinajstić information content (AvgIpc) is 3.10. The van der Waals surface area contributed by atoms with Crippen LogP contribution < -0.4 is 0 Å². The fourth-order valence-corrected chi connectivity index (χ4v) is 7.30. The molecule has 0 aromatic carbocycles. The zero-order valence-electron chi connectivity index (χ0n) is 34.7. The van der Waals surface area contributed by atoms with E-state index in [1.807, 2.05) is 0 Å². The van der Waals surface area contributed by atoms with E-state index in [0.717, 1.165) is 19.5 Å². The highest BCUT2D eigenvalue weighted by Crippen LogP contribution is 2.17. The van der Waals surface area contributed by atoms with E-state index in [9.17, 15) is 4.79 Å². The number of rotatable bonds is 41. The van der Waals surface area contributed by atoms with Crippen LogP contribution in [0.25, 0.3) is 0 Å². The lowest BCUT2D eigenvalue weighted by Crippen LogP contribution is -2.49. The first-order chi connectivity index (χ1) is 24.1. The zero-order chi connectivity index (χ0) is 35.9. The van der Waals surface area contributed by atoms with Crippen molar-refractivity contribution in [3.63, 3.8) is 0 Å². The Hall–Kier alpha value is -0.610. The fraction of sp³-hybridized carbons (Fsp3) is 0.978. The molecule has 0 bridgehead atoms. The van der Waals surface area contributed by atoms with Gasteiger partial charge in [-0.2, -0.15) is 0 Å². The molecule has 0 radical (unpaired) electrons. The summed E-state index contributed by atoms with van der Waals surface area (Å²) in [5.74, 6) is 0.0162. The van der Waals surface area contributed by atoms with Gasteiger partial charge in [0.15, 0.2) is 0 Å². The van der Waals surface area contributed by atoms with Gasteiger partial charge in [-0.05, 0) is 52.2 Å². The highest BCUT2D eigenvalue weighted by Gasteiger charge is 2.21. The Morgan fingerprint density at radius 1 is 0.388 bits per heavy atom. The van der Waals surface area contributed by atoms with Crippen molar-refractivity contribution < 1.29 is 9.53 Å². The van der Waals surface area contributed by atoms with Crippen LogP contribution in [0.15, 0.2) is 0 Å². The van der Waals surface area contributed by atoms with Gasteiger partial charge in [-0.25, -0.2) is 0 Å². The largest absolute Gasteiger partial charge is 0.464 e. The number of hydrogen-bond acceptors (Lipinski definition) is 4. The summed E-state index contributed by atoms with van der Waals surface area (Å²) in [4.78, 5) is 18.1. The van der Waals surface area contributed by atoms with Crippen LogP contribution in [0.1, 0.15) is 247 Å². The first kappa shape index (κ1) is 48.4. The standard InChI is InChI=1S/C45H92N2O2/c1-6-10-14-18-22-23-24-25-26-30-34-38-45(48)49-43-42-47(41-37-33-29-21-17-13-9-4)44(5)46(39-35-31-27-19-15-11-7-2)40-36-32-28-20-16-12-8-3/h44H,6-43H2,1-5H3. The summed E-state index contributed by atoms with van der Waals surface area (Å²) in [6.07, 6.45) is 43.9. The van der Waals surface area contributed by atoms with Crippen LogP contribution >= 0.6 is 0 Å². The summed E-state index contributed by atoms with van der Waals surface area (Å²) < 4.78 is 5.86. The van der Waals surface area contributed by atoms with Gasteiger partial charge in [-0.3, -0.25) is 14.6 Å². The minimum Gasteiger partial charge on any atom is -0.464 e. The van der Waals surface area contributed by atoms with Crippen LogP contribution in [0.2, 0.25) is 0 Å². The molecule has 0 N–H and O–H groups in total. The highest BCUT2D eigenvalue weighted by atomic mass is 16.5. The molecule has 0 aromatic rings. The Morgan fingerprint density at radius 2 is 0.653 bits per heavy atom. The van der Waals surface area contributed by atoms with Crippen molar-refractivity contribution in [3.05, 3.63) is 0 Å². The molecule has 0 rings (SSSR count). The molecule has 0 saturated carbocycles. The van der Waals surface area contributed by atoms with Crippen molar-refractivity contribution in [1.29, 1.82) is 0 Å². The van der Waals surface area contributed by atoms with Crippen molar-refractivity contribution in [1.82, 2.24) is 9.80 Å². The van der Waals surface area contributed by atoms with E-state index in [4.69, 9.17) is 4.74 Å². The van der Waals surface area contributed by atoms with E-state index in [1.54, 1.807) is 0 Å². The summed E-state index contributed by atoms with van der Waals surface area (Å²) in [6.45, 7) is 16.6. The molecule has 4 nitrogen and oxygen atoms in total. The molecule has 0 aromatic heterocycles. The summed E-state index contributed by atoms with van der Waals surface area (Å²) >= 11 is 0. The summed E-state index contributed by atoms with van der Waals surface area (Å²) in [7, 11) is 0. The number of ether oxygens (including phenoxy) is 1. The number of unbranched alkanes of at least 4 members (excludes halogenated alkanes) is 28. The Kier molecular flexibility index (Phi) is 39.7. The third kappa shape index (κ3) is 34.3. The minimum absolute atomic E-state index is 0.0162. The van der Waals surface area contributed by atoms with E-state index >= 15 is 0 Å². The van der Waals surface area contributed by atoms with Crippen LogP contribution in [0.5, 0.6) is 0 Å². The maximum atomic E-state index is 12.7. The molecule has 49 heavy (non-hydrogen) atoms. The van der Waals surface area contributed by atoms with Crippen LogP contribution in [0, 0.1) is 0 Å². The highest BCUT2D eigenvalue weighted by molar-refractivity contribution is 5.69. The molecule has 0 aliphatic carbocycles. The van der Waals surface area contributed by atoms with Gasteiger partial charge < -0.3 is 4.74 Å². The van der Waals surface area contributed by atoms with Gasteiger partial charge >= 0.3 is 5.97 Å². The van der Waals surface area contributed by atoms with Crippen LogP contribution in [0.4, 0.5) is 0 Å². The van der Waals surface area contributed by atoms with Gasteiger partial charge in [0.2, 0.25) is 0 Å². The molecule has 0 spiro atoms. The normalized spacial score (nSPS) is 12.4. The SMILES string of the molecule is CCCCCCCCCCCCCC(=O)OCCN(CCCCCCCCC)C(C)N(CCCCCCCCC)CCCCCCCCC. The maximum Gasteiger partial charge on any atom is 0.305 e. The smallest absolute Gasteiger partial charge is 0.305 e. The second-order valence-electron chi connectivity index (χ2n) is 15.6. The summed E-state index contributed by atoms with van der Waals surface area (Å²) in [6, 6.07) is 0. The first-order valence-corrected chi connectivity index (χ1v) is 22.7. The number of nitrogens with zero attached hydrogens (tertiary/aromatic N) is 2. The molecular formula is C45H92N2O2. The summed E-state index contributed by atoms with van der Waals surface area (Å²) in [5.41, 5.74) is 0. The second kappa shape index (κ2) is 40.2. The molecule has 4 heteroatoms. The summed E-state index contributed by atoms with van der Waals surface area (Å²) in [5, 5.41) is 0. The molecule has 0 aliphatic heterocycles. The lowest BCUT2D eigenvalue weighted by atomic mass is 10.1. The topological polar surface area (TPSA) is 32.8 Å². The van der Waals surface area contributed by atoms with E-state index < -0.39 is 0 Å². The Labute approximate surface area is 310 Å². The second-order valence-corrected chi connectivity index (χ2v) is 15.6. The van der Waals surface area contributed by atoms with Crippen molar-refractivity contribution in [2.24, 2.45) is 0 Å². The zero-order valence-corrected chi connectivity index (χ0v) is 34.7. The van der Waals surface area contributed by atoms with Crippen molar-refractivity contribution in [2.45, 2.75) is 253 Å². The van der Waals surface area contributed by atoms with E-state index in [2.05, 4.69) is 44.4 Å². The van der Waals surface area contributed by atoms with Gasteiger partial charge in [-0.15, -0.1) is 0 Å². The van der Waals surface area contributed by atoms with Crippen LogP contribution in [-0.2, 0) is 9.53 Å². The lowest BCUT2D eigenvalue weighted by molar-refractivity contribution is -0.144. The molecule has 0 fully saturated rings. The third-order valence-electron chi connectivity index (χ3n) is 10.8. The van der Waals surface area contributed by atoms with Crippen molar-refractivity contribution in [2.75, 3.05) is 32.8 Å². The third-order valence-corrected chi connectivity index (χ3v) is 10.8. The van der Waals surface area contributed by atoms with Crippen molar-refractivity contribution >= 4 is 5.97 Å². The number of carbonyl (C=O) groups is 1. The molecule has 0 aliphatic rings. The molecule has 294 valence electrons. The molecule has 1 unspecified atom stereocenters. The van der Waals surface area contributed by atoms with Gasteiger partial charge in [0, 0.05) is 13.0 Å². The fourth-order valence-electron chi connectivity index (χ4n) is 7.30. The predicted octanol–water partition coefficient (Wildman–Crippen LogP) is 14.4. The van der Waals surface area contributed by atoms with Crippen molar-refractivity contribution in [3.8, 4) is 0 Å². The van der Waals surface area contributed by atoms with Crippen LogP contribution in [-0.4, -0.2) is 54.7 Å². The minimum atomic E-state index is 0.0162. The molecule has 0 saturated heterocycles. The maximum absolute atomic E-state index is 12.7. The quantitative estimate of drug-likeness (QED) is 0.0363. The monoisotopic (exact) mass is 693 g/mol. The Morgan fingerprint density at radius 3 is 0.980 bits per heavy atom. The number of carbonyl (C=O) groups excluding carboxylic acids is 1. The Balaban J connectivity index is 4.82. The number of hydrogen-bond donors (Lipinski definition) is 0. The molecular weight excluding hydrogens is 601 g/mol. The Bertz CT molecular complexity index is 624. The molecule has 0 heterocycles. The van der Waals surface area contributed by atoms with E-state index in [1.165, 1.54) is 212 Å². The molecule has 0 amide bonds. The predicted molar refractivity (Wildman–Crippen MR) is 219 cm³/mol. The average molecular weight is 693 g/mol. The van der Waals surface area contributed by atoms with Gasteiger partial charge in [0.05, 0.1) is 6.17 Å². The van der Waals surface area contributed by atoms with Crippen LogP contribution in [0.3, 0.4) is 0 Å². The molecule has 1 atom stereocenters. The number of esters is 1. The van der Waals surface area contributed by atoms with Gasteiger partial charge in [0.1, 0.15) is 6.61 Å². The van der Waals surface area contributed by atoms with Gasteiger partial charge in [-0.1, -0.05) is 207 Å². The van der Waals surface area contributed by atoms with Gasteiger partial charge in [0.25, 0.3) is 0 Å². The lowest BCUT2D eigenvalue weighted by Gasteiger charge is -2.38. The van der Waals surface area contributed by atoms with E-state index in [-0.39, 0.29) is 5.97 Å². The van der Waals surface area contributed by atoms with E-state index in [0.29, 0.717) is 19.2 Å².